The Morgan fingerprint density at radius 3 is 2.53 bits per heavy atom. The fraction of sp³-hybridized carbons (Fsp3) is 0.750. The standard InChI is InChI=1S/C24H31FO7/c1-20(2)31-19-9-13-14-8-16(28)15-7-12(27)5-6-21(15,3)23(14,25)17(29)10-22(13,4)24(19,32-20)18(30)11-26/h5-7,13-14,16-17,19,26,28-29H,8-11H2,1-4H3/t13-,14+,16+,17-,19+,21-,22-,23-,24+/m0/s1. The Labute approximate surface area is 186 Å². The van der Waals surface area contributed by atoms with Crippen molar-refractivity contribution in [1.29, 1.82) is 0 Å². The largest absolute Gasteiger partial charge is 0.390 e. The summed E-state index contributed by atoms with van der Waals surface area (Å²) in [5, 5.41) is 32.2. The maximum absolute atomic E-state index is 17.2. The number of allylic oxidation sites excluding steroid dienone is 3. The van der Waals surface area contributed by atoms with Gasteiger partial charge in [0, 0.05) is 16.7 Å². The highest BCUT2D eigenvalue weighted by atomic mass is 19.1. The topological polar surface area (TPSA) is 113 Å². The van der Waals surface area contributed by atoms with Gasteiger partial charge in [-0.3, -0.25) is 9.59 Å². The first-order valence-electron chi connectivity index (χ1n) is 11.3. The van der Waals surface area contributed by atoms with Gasteiger partial charge in [0.2, 0.25) is 0 Å². The van der Waals surface area contributed by atoms with Crippen LogP contribution in [0.2, 0.25) is 0 Å². The molecular weight excluding hydrogens is 419 g/mol. The lowest BCUT2D eigenvalue weighted by Gasteiger charge is -2.63. The van der Waals surface area contributed by atoms with Gasteiger partial charge in [0.05, 0.1) is 18.3 Å². The molecule has 176 valence electrons. The van der Waals surface area contributed by atoms with E-state index >= 15 is 4.39 Å². The van der Waals surface area contributed by atoms with Gasteiger partial charge in [-0.1, -0.05) is 13.0 Å². The Kier molecular flexibility index (Phi) is 4.44. The first kappa shape index (κ1) is 22.3. The summed E-state index contributed by atoms with van der Waals surface area (Å²) in [5.74, 6) is -3.19. The van der Waals surface area contributed by atoms with Crippen LogP contribution < -0.4 is 0 Å². The number of ether oxygens (including phenoxy) is 2. The third-order valence-electron chi connectivity index (χ3n) is 9.22. The van der Waals surface area contributed by atoms with Gasteiger partial charge in [0.1, 0.15) is 6.61 Å². The lowest BCUT2D eigenvalue weighted by Crippen LogP contribution is -2.71. The molecule has 5 aliphatic rings. The summed E-state index contributed by atoms with van der Waals surface area (Å²) in [6.45, 7) is 6.06. The van der Waals surface area contributed by atoms with Crippen molar-refractivity contribution < 1.29 is 38.8 Å². The van der Waals surface area contributed by atoms with Gasteiger partial charge in [-0.2, -0.15) is 0 Å². The number of fused-ring (bicyclic) bond motifs is 7. The minimum absolute atomic E-state index is 0.00979. The predicted octanol–water partition coefficient (Wildman–Crippen LogP) is 1.39. The number of hydrogen-bond donors (Lipinski definition) is 3. The molecule has 3 N–H and O–H groups in total. The molecule has 0 aromatic heterocycles. The molecule has 1 saturated heterocycles. The van der Waals surface area contributed by atoms with E-state index in [1.54, 1.807) is 27.7 Å². The molecule has 0 bridgehead atoms. The third kappa shape index (κ3) is 2.32. The second-order valence-corrected chi connectivity index (χ2v) is 11.1. The highest BCUT2D eigenvalue weighted by molar-refractivity contribution is 6.01. The number of rotatable bonds is 2. The van der Waals surface area contributed by atoms with E-state index in [0.29, 0.717) is 6.42 Å². The number of ketones is 2. The zero-order chi connectivity index (χ0) is 23.5. The molecule has 1 heterocycles. The molecule has 0 aromatic carbocycles. The molecule has 0 aromatic rings. The zero-order valence-electron chi connectivity index (χ0n) is 18.8. The highest BCUT2D eigenvalue weighted by Crippen LogP contribution is 2.72. The average Bonchev–Trinajstić information content (AvgIpc) is 3.11. The van der Waals surface area contributed by atoms with Crippen molar-refractivity contribution >= 4 is 11.6 Å². The van der Waals surface area contributed by atoms with Crippen LogP contribution in [0.1, 0.15) is 47.0 Å². The monoisotopic (exact) mass is 450 g/mol. The van der Waals surface area contributed by atoms with E-state index in [0.717, 1.165) is 0 Å². The third-order valence-corrected chi connectivity index (χ3v) is 9.22. The van der Waals surface area contributed by atoms with E-state index in [9.17, 15) is 24.9 Å². The second-order valence-electron chi connectivity index (χ2n) is 11.1. The van der Waals surface area contributed by atoms with Crippen LogP contribution >= 0.6 is 0 Å². The van der Waals surface area contributed by atoms with E-state index in [1.165, 1.54) is 18.2 Å². The van der Waals surface area contributed by atoms with Crippen molar-refractivity contribution in [2.45, 2.75) is 82.3 Å². The molecule has 5 rings (SSSR count). The van der Waals surface area contributed by atoms with Gasteiger partial charge in [-0.15, -0.1) is 0 Å². The molecular formula is C24H31FO7. The number of hydrogen-bond acceptors (Lipinski definition) is 7. The summed E-state index contributed by atoms with van der Waals surface area (Å²) in [4.78, 5) is 25.1. The van der Waals surface area contributed by atoms with Crippen LogP contribution in [-0.4, -0.2) is 68.9 Å². The van der Waals surface area contributed by atoms with Crippen molar-refractivity contribution in [3.63, 3.8) is 0 Å². The first-order valence-corrected chi connectivity index (χ1v) is 11.3. The van der Waals surface area contributed by atoms with Crippen molar-refractivity contribution in [2.75, 3.05) is 6.61 Å². The SMILES string of the molecule is CC1(C)O[C@@H]2C[C@H]3[C@H]4C[C@@H](O)C5=CC(=O)C=C[C@]5(C)[C@@]4(F)[C@@H](O)C[C@]3(C)[C@]2(C(=O)CO)O1. The highest BCUT2D eigenvalue weighted by Gasteiger charge is 2.80. The summed E-state index contributed by atoms with van der Waals surface area (Å²) in [6, 6.07) is 0. The van der Waals surface area contributed by atoms with E-state index in [1.807, 2.05) is 0 Å². The summed E-state index contributed by atoms with van der Waals surface area (Å²) in [6.07, 6.45) is 1.02. The molecule has 0 spiro atoms. The quantitative estimate of drug-likeness (QED) is 0.583. The first-order chi connectivity index (χ1) is 14.8. The fourth-order valence-electron chi connectivity index (χ4n) is 7.96. The number of alkyl halides is 1. The zero-order valence-corrected chi connectivity index (χ0v) is 18.8. The summed E-state index contributed by atoms with van der Waals surface area (Å²) in [5.41, 5.74) is -5.78. The van der Waals surface area contributed by atoms with Crippen molar-refractivity contribution in [3.05, 3.63) is 23.8 Å². The number of aliphatic hydroxyl groups is 3. The molecule has 9 atom stereocenters. The predicted molar refractivity (Wildman–Crippen MR) is 110 cm³/mol. The Balaban J connectivity index is 1.66. The van der Waals surface area contributed by atoms with Gasteiger partial charge < -0.3 is 24.8 Å². The number of carbonyl (C=O) groups excluding carboxylic acids is 2. The molecule has 32 heavy (non-hydrogen) atoms. The number of halogens is 1. The molecule has 8 heteroatoms. The van der Waals surface area contributed by atoms with Crippen LogP contribution in [0.3, 0.4) is 0 Å². The van der Waals surface area contributed by atoms with E-state index in [4.69, 9.17) is 9.47 Å². The van der Waals surface area contributed by atoms with Crippen molar-refractivity contribution in [1.82, 2.24) is 0 Å². The van der Waals surface area contributed by atoms with Crippen LogP contribution in [-0.2, 0) is 19.1 Å². The van der Waals surface area contributed by atoms with Crippen molar-refractivity contribution in [3.8, 4) is 0 Å². The van der Waals surface area contributed by atoms with Gasteiger partial charge in [0.25, 0.3) is 0 Å². The van der Waals surface area contributed by atoms with Gasteiger partial charge in [0.15, 0.2) is 28.6 Å². The maximum Gasteiger partial charge on any atom is 0.193 e. The smallest absolute Gasteiger partial charge is 0.193 e. The molecule has 7 nitrogen and oxygen atoms in total. The summed E-state index contributed by atoms with van der Waals surface area (Å²) < 4.78 is 29.5. The van der Waals surface area contributed by atoms with Gasteiger partial charge >= 0.3 is 0 Å². The summed E-state index contributed by atoms with van der Waals surface area (Å²) in [7, 11) is 0. The number of Topliss-reactive ketones (excluding diaryl/α,β-unsaturated/α-hetero) is 1. The van der Waals surface area contributed by atoms with E-state index in [2.05, 4.69) is 0 Å². The maximum atomic E-state index is 17.2. The fourth-order valence-corrected chi connectivity index (χ4v) is 7.96. The lowest BCUT2D eigenvalue weighted by molar-refractivity contribution is -0.250. The molecule has 4 aliphatic carbocycles. The van der Waals surface area contributed by atoms with Crippen LogP contribution in [0, 0.1) is 22.7 Å². The van der Waals surface area contributed by atoms with E-state index in [-0.39, 0.29) is 24.2 Å². The molecule has 1 aliphatic heterocycles. The molecule has 0 radical (unpaired) electrons. The van der Waals surface area contributed by atoms with Crippen LogP contribution in [0.15, 0.2) is 23.8 Å². The van der Waals surface area contributed by atoms with Crippen molar-refractivity contribution in [2.24, 2.45) is 22.7 Å². The normalized spacial score (nSPS) is 53.2. The Bertz CT molecular complexity index is 958. The van der Waals surface area contributed by atoms with Crippen LogP contribution in [0.25, 0.3) is 0 Å². The summed E-state index contributed by atoms with van der Waals surface area (Å²) >= 11 is 0. The molecule has 3 saturated carbocycles. The second kappa shape index (κ2) is 6.36. The lowest BCUT2D eigenvalue weighted by atomic mass is 9.44. The van der Waals surface area contributed by atoms with Crippen LogP contribution in [0.5, 0.6) is 0 Å². The average molecular weight is 451 g/mol. The minimum atomic E-state index is -2.16. The van der Waals surface area contributed by atoms with Gasteiger partial charge in [-0.05, 0) is 63.7 Å². The van der Waals surface area contributed by atoms with Gasteiger partial charge in [-0.25, -0.2) is 4.39 Å². The molecule has 0 unspecified atom stereocenters. The Hall–Kier alpha value is -1.45. The van der Waals surface area contributed by atoms with E-state index < -0.39 is 70.4 Å². The molecule has 0 amide bonds. The Morgan fingerprint density at radius 2 is 1.88 bits per heavy atom. The van der Waals surface area contributed by atoms with Crippen LogP contribution in [0.4, 0.5) is 4.39 Å². The Morgan fingerprint density at radius 1 is 1.19 bits per heavy atom. The minimum Gasteiger partial charge on any atom is -0.390 e. The molecule has 4 fully saturated rings. The number of carbonyl (C=O) groups is 2. The number of aliphatic hydroxyl groups excluding tert-OH is 3.